The molecular formula is C15H21N3O2. The summed E-state index contributed by atoms with van der Waals surface area (Å²) in [5.74, 6) is -0.00537. The molecule has 1 atom stereocenters. The summed E-state index contributed by atoms with van der Waals surface area (Å²) >= 11 is 0. The van der Waals surface area contributed by atoms with Crippen LogP contribution < -0.4 is 11.1 Å². The van der Waals surface area contributed by atoms with Gasteiger partial charge in [0, 0.05) is 25.8 Å². The van der Waals surface area contributed by atoms with E-state index in [0.717, 1.165) is 24.9 Å². The van der Waals surface area contributed by atoms with Crippen molar-refractivity contribution in [1.82, 2.24) is 10.2 Å². The Balaban J connectivity index is 1.97. The number of likely N-dealkylation sites (tertiary alicyclic amines) is 1. The molecule has 2 amide bonds. The molecule has 0 spiro atoms. The Morgan fingerprint density at radius 2 is 2.25 bits per heavy atom. The zero-order valence-electron chi connectivity index (χ0n) is 11.8. The van der Waals surface area contributed by atoms with Crippen molar-refractivity contribution in [3.8, 4) is 0 Å². The van der Waals surface area contributed by atoms with Gasteiger partial charge < -0.3 is 16.0 Å². The minimum absolute atomic E-state index is 0.0199. The molecule has 1 aromatic carbocycles. The fourth-order valence-electron chi connectivity index (χ4n) is 2.61. The minimum Gasteiger partial charge on any atom is -0.399 e. The van der Waals surface area contributed by atoms with Gasteiger partial charge in [0.15, 0.2) is 0 Å². The second-order valence-electron chi connectivity index (χ2n) is 5.21. The van der Waals surface area contributed by atoms with Crippen LogP contribution in [0.4, 0.5) is 5.69 Å². The number of nitrogens with one attached hydrogen (secondary N) is 1. The quantitative estimate of drug-likeness (QED) is 0.801. The number of hydrogen-bond acceptors (Lipinski definition) is 3. The average Bonchev–Trinajstić information content (AvgIpc) is 2.46. The fourth-order valence-corrected chi connectivity index (χ4v) is 2.61. The van der Waals surface area contributed by atoms with E-state index in [1.54, 1.807) is 18.0 Å². The van der Waals surface area contributed by atoms with Crippen LogP contribution in [0, 0.1) is 5.92 Å². The highest BCUT2D eigenvalue weighted by atomic mass is 16.2. The second kappa shape index (κ2) is 6.41. The van der Waals surface area contributed by atoms with Crippen molar-refractivity contribution >= 4 is 17.5 Å². The first-order valence-corrected chi connectivity index (χ1v) is 6.94. The lowest BCUT2D eigenvalue weighted by molar-refractivity contribution is -0.135. The van der Waals surface area contributed by atoms with Gasteiger partial charge in [-0.05, 0) is 30.5 Å². The highest BCUT2D eigenvalue weighted by molar-refractivity contribution is 5.82. The molecule has 1 unspecified atom stereocenters. The van der Waals surface area contributed by atoms with Gasteiger partial charge in [0.05, 0.1) is 12.3 Å². The monoisotopic (exact) mass is 275 g/mol. The highest BCUT2D eigenvalue weighted by Crippen LogP contribution is 2.18. The summed E-state index contributed by atoms with van der Waals surface area (Å²) in [6, 6.07) is 7.37. The molecule has 0 aromatic heterocycles. The number of benzene rings is 1. The summed E-state index contributed by atoms with van der Waals surface area (Å²) in [5, 5.41) is 2.66. The second-order valence-corrected chi connectivity index (χ2v) is 5.21. The Bertz CT molecular complexity index is 502. The van der Waals surface area contributed by atoms with E-state index < -0.39 is 0 Å². The summed E-state index contributed by atoms with van der Waals surface area (Å²) < 4.78 is 0. The molecule has 2 rings (SSSR count). The molecule has 1 aliphatic rings. The van der Waals surface area contributed by atoms with Crippen LogP contribution in [0.2, 0.25) is 0 Å². The molecule has 5 nitrogen and oxygen atoms in total. The summed E-state index contributed by atoms with van der Waals surface area (Å²) in [6.45, 7) is 1.25. The lowest BCUT2D eigenvalue weighted by Crippen LogP contribution is -2.45. The molecule has 1 aliphatic heterocycles. The van der Waals surface area contributed by atoms with Crippen molar-refractivity contribution in [3.63, 3.8) is 0 Å². The van der Waals surface area contributed by atoms with Gasteiger partial charge in [-0.25, -0.2) is 0 Å². The Morgan fingerprint density at radius 1 is 1.45 bits per heavy atom. The Labute approximate surface area is 119 Å². The molecule has 5 heteroatoms. The number of rotatable bonds is 3. The van der Waals surface area contributed by atoms with Gasteiger partial charge in [0.1, 0.15) is 0 Å². The summed E-state index contributed by atoms with van der Waals surface area (Å²) in [5.41, 5.74) is 7.29. The maximum atomic E-state index is 12.3. The predicted molar refractivity (Wildman–Crippen MR) is 77.9 cm³/mol. The van der Waals surface area contributed by atoms with Crippen LogP contribution in [0.5, 0.6) is 0 Å². The third-order valence-electron chi connectivity index (χ3n) is 3.70. The number of nitrogen functional groups attached to an aromatic ring is 1. The third kappa shape index (κ3) is 3.50. The van der Waals surface area contributed by atoms with Gasteiger partial charge in [-0.1, -0.05) is 12.1 Å². The Morgan fingerprint density at radius 3 is 2.95 bits per heavy atom. The maximum Gasteiger partial charge on any atom is 0.227 e. The molecule has 3 N–H and O–H groups in total. The topological polar surface area (TPSA) is 75.4 Å². The Hall–Kier alpha value is -2.04. The first-order chi connectivity index (χ1) is 9.60. The van der Waals surface area contributed by atoms with Crippen molar-refractivity contribution < 1.29 is 9.59 Å². The minimum atomic E-state index is -0.0847. The number of piperidine rings is 1. The molecule has 20 heavy (non-hydrogen) atoms. The summed E-state index contributed by atoms with van der Waals surface area (Å²) in [7, 11) is 1.63. The summed E-state index contributed by atoms with van der Waals surface area (Å²) in [6.07, 6.45) is 2.06. The van der Waals surface area contributed by atoms with Gasteiger partial charge in [0.25, 0.3) is 0 Å². The van der Waals surface area contributed by atoms with Crippen LogP contribution in [-0.2, 0) is 16.0 Å². The van der Waals surface area contributed by atoms with Gasteiger partial charge in [0.2, 0.25) is 11.8 Å². The molecule has 0 aliphatic carbocycles. The van der Waals surface area contributed by atoms with E-state index >= 15 is 0 Å². The summed E-state index contributed by atoms with van der Waals surface area (Å²) in [4.78, 5) is 25.7. The first kappa shape index (κ1) is 14.4. The van der Waals surface area contributed by atoms with Gasteiger partial charge >= 0.3 is 0 Å². The lowest BCUT2D eigenvalue weighted by atomic mass is 9.96. The molecule has 0 radical (unpaired) electrons. The number of nitrogens with two attached hydrogens (primary N) is 1. The normalized spacial score (nSPS) is 18.6. The van der Waals surface area contributed by atoms with E-state index in [1.807, 2.05) is 18.2 Å². The van der Waals surface area contributed by atoms with Crippen molar-refractivity contribution in [1.29, 1.82) is 0 Å². The average molecular weight is 275 g/mol. The number of carbonyl (C=O) groups excluding carboxylic acids is 2. The zero-order chi connectivity index (χ0) is 14.5. The van der Waals surface area contributed by atoms with Gasteiger partial charge in [-0.15, -0.1) is 0 Å². The molecule has 1 aromatic rings. The van der Waals surface area contributed by atoms with Crippen LogP contribution in [0.1, 0.15) is 18.4 Å². The van der Waals surface area contributed by atoms with E-state index in [4.69, 9.17) is 5.73 Å². The molecule has 0 saturated carbocycles. The zero-order valence-corrected chi connectivity index (χ0v) is 11.8. The van der Waals surface area contributed by atoms with E-state index in [0.29, 0.717) is 18.7 Å². The third-order valence-corrected chi connectivity index (χ3v) is 3.70. The van der Waals surface area contributed by atoms with E-state index in [-0.39, 0.29) is 17.7 Å². The van der Waals surface area contributed by atoms with Crippen LogP contribution in [0.3, 0.4) is 0 Å². The van der Waals surface area contributed by atoms with Crippen molar-refractivity contribution in [3.05, 3.63) is 29.8 Å². The smallest absolute Gasteiger partial charge is 0.227 e. The number of amides is 2. The Kier molecular flexibility index (Phi) is 4.61. The molecule has 0 bridgehead atoms. The van der Waals surface area contributed by atoms with Crippen molar-refractivity contribution in [2.24, 2.45) is 5.92 Å². The molecular weight excluding hydrogens is 254 g/mol. The van der Waals surface area contributed by atoms with E-state index in [1.165, 1.54) is 0 Å². The first-order valence-electron chi connectivity index (χ1n) is 6.94. The van der Waals surface area contributed by atoms with Crippen LogP contribution >= 0.6 is 0 Å². The molecule has 1 heterocycles. The number of anilines is 1. The number of nitrogens with zero attached hydrogens (tertiary/aromatic N) is 1. The molecule has 1 saturated heterocycles. The fraction of sp³-hybridized carbons (Fsp3) is 0.467. The van der Waals surface area contributed by atoms with E-state index in [9.17, 15) is 9.59 Å². The van der Waals surface area contributed by atoms with Crippen molar-refractivity contribution in [2.75, 3.05) is 25.9 Å². The highest BCUT2D eigenvalue weighted by Gasteiger charge is 2.27. The SMILES string of the molecule is CNC(=O)C1CCCN(C(=O)Cc2cccc(N)c2)C1. The van der Waals surface area contributed by atoms with Crippen LogP contribution in [-0.4, -0.2) is 36.9 Å². The molecule has 1 fully saturated rings. The predicted octanol–water partition coefficient (Wildman–Crippen LogP) is 0.796. The van der Waals surface area contributed by atoms with Gasteiger partial charge in [-0.3, -0.25) is 9.59 Å². The van der Waals surface area contributed by atoms with Crippen LogP contribution in [0.15, 0.2) is 24.3 Å². The molecule has 108 valence electrons. The number of carbonyl (C=O) groups is 2. The number of hydrogen-bond donors (Lipinski definition) is 2. The standard InChI is InChI=1S/C15H21N3O2/c1-17-15(20)12-5-3-7-18(10-12)14(19)9-11-4-2-6-13(16)8-11/h2,4,6,8,12H,3,5,7,9-10,16H2,1H3,(H,17,20). The van der Waals surface area contributed by atoms with E-state index in [2.05, 4.69) is 5.32 Å². The van der Waals surface area contributed by atoms with Crippen molar-refractivity contribution in [2.45, 2.75) is 19.3 Å². The van der Waals surface area contributed by atoms with Crippen LogP contribution in [0.25, 0.3) is 0 Å². The van der Waals surface area contributed by atoms with Gasteiger partial charge in [-0.2, -0.15) is 0 Å². The lowest BCUT2D eigenvalue weighted by Gasteiger charge is -2.32. The maximum absolute atomic E-state index is 12.3. The largest absolute Gasteiger partial charge is 0.399 e.